The number of ketones is 1. The zero-order valence-corrected chi connectivity index (χ0v) is 8.27. The third-order valence-electron chi connectivity index (χ3n) is 1.04. The van der Waals surface area contributed by atoms with Gasteiger partial charge in [0.25, 0.3) is 3.79 Å². The van der Waals surface area contributed by atoms with E-state index >= 15 is 0 Å². The van der Waals surface area contributed by atoms with E-state index in [1.54, 1.807) is 16.8 Å². The molecule has 1 aromatic heterocycles. The fourth-order valence-corrected chi connectivity index (χ4v) is 1.52. The van der Waals surface area contributed by atoms with Crippen LogP contribution >= 0.6 is 46.1 Å². The van der Waals surface area contributed by atoms with Crippen molar-refractivity contribution in [1.29, 1.82) is 0 Å². The summed E-state index contributed by atoms with van der Waals surface area (Å²) in [5.41, 5.74) is 0.440. The van der Waals surface area contributed by atoms with Crippen LogP contribution in [0.4, 0.5) is 0 Å². The molecule has 1 rings (SSSR count). The van der Waals surface area contributed by atoms with Gasteiger partial charge < -0.3 is 0 Å². The predicted octanol–water partition coefficient (Wildman–Crippen LogP) is 3.30. The molecule has 0 saturated heterocycles. The molecule has 0 fully saturated rings. The Morgan fingerprint density at radius 3 is 2.45 bits per heavy atom. The normalized spacial score (nSPS) is 11.5. The van der Waals surface area contributed by atoms with Gasteiger partial charge in [0.2, 0.25) is 5.78 Å². The quantitative estimate of drug-likeness (QED) is 0.533. The first-order valence-electron chi connectivity index (χ1n) is 2.65. The van der Waals surface area contributed by atoms with E-state index in [1.165, 1.54) is 11.3 Å². The molecule has 0 radical (unpaired) electrons. The maximum absolute atomic E-state index is 11.1. The highest BCUT2D eigenvalue weighted by Gasteiger charge is 2.31. The number of carbonyl (C=O) groups excluding carboxylic acids is 1. The third kappa shape index (κ3) is 2.34. The van der Waals surface area contributed by atoms with Gasteiger partial charge in [0.1, 0.15) is 0 Å². The number of carbonyl (C=O) groups is 1. The molecule has 0 aliphatic heterocycles. The molecule has 0 aliphatic carbocycles. The van der Waals surface area contributed by atoms with E-state index in [0.29, 0.717) is 5.56 Å². The van der Waals surface area contributed by atoms with Gasteiger partial charge in [-0.05, 0) is 11.4 Å². The molecule has 0 N–H and O–H groups in total. The summed E-state index contributed by atoms with van der Waals surface area (Å²) < 4.78 is -1.83. The molecule has 0 bridgehead atoms. The number of hydrogen-bond acceptors (Lipinski definition) is 2. The molecule has 5 heteroatoms. The minimum atomic E-state index is -1.83. The smallest absolute Gasteiger partial charge is 0.253 e. The Morgan fingerprint density at radius 2 is 2.09 bits per heavy atom. The molecule has 11 heavy (non-hydrogen) atoms. The number of rotatable bonds is 1. The lowest BCUT2D eigenvalue weighted by Gasteiger charge is -2.06. The second-order valence-electron chi connectivity index (χ2n) is 1.84. The number of thiophene rings is 1. The molecule has 1 aromatic rings. The molecule has 0 saturated carbocycles. The van der Waals surface area contributed by atoms with Crippen molar-refractivity contribution in [2.75, 3.05) is 0 Å². The van der Waals surface area contributed by atoms with Crippen LogP contribution in [-0.4, -0.2) is 9.58 Å². The van der Waals surface area contributed by atoms with Crippen molar-refractivity contribution in [3.8, 4) is 0 Å². The Hall–Kier alpha value is 0.240. The zero-order chi connectivity index (χ0) is 8.48. The molecular weight excluding hydrogens is 226 g/mol. The van der Waals surface area contributed by atoms with Crippen molar-refractivity contribution in [3.05, 3.63) is 22.4 Å². The largest absolute Gasteiger partial charge is 0.289 e. The Kier molecular flexibility index (Phi) is 2.81. The molecule has 0 atom stereocenters. The van der Waals surface area contributed by atoms with Crippen LogP contribution in [0.3, 0.4) is 0 Å². The van der Waals surface area contributed by atoms with Crippen molar-refractivity contribution >= 4 is 51.9 Å². The number of hydrogen-bond donors (Lipinski definition) is 0. The standard InChI is InChI=1S/C6H3Cl3OS/c7-6(8,9)5(10)4-1-2-11-3-4/h1-3H. The first-order chi connectivity index (χ1) is 5.02. The lowest BCUT2D eigenvalue weighted by Crippen LogP contribution is -2.17. The summed E-state index contributed by atoms with van der Waals surface area (Å²) in [7, 11) is 0. The molecular formula is C6H3Cl3OS. The molecule has 0 aliphatic rings. The van der Waals surface area contributed by atoms with Crippen LogP contribution in [0.2, 0.25) is 0 Å². The minimum Gasteiger partial charge on any atom is -0.289 e. The first-order valence-corrected chi connectivity index (χ1v) is 4.73. The average Bonchev–Trinajstić information content (AvgIpc) is 2.34. The highest BCUT2D eigenvalue weighted by atomic mass is 35.6. The Bertz CT molecular complexity index is 249. The predicted molar refractivity (Wildman–Crippen MR) is 48.9 cm³/mol. The van der Waals surface area contributed by atoms with Crippen molar-refractivity contribution in [2.45, 2.75) is 3.79 Å². The van der Waals surface area contributed by atoms with E-state index in [-0.39, 0.29) is 0 Å². The van der Waals surface area contributed by atoms with Gasteiger partial charge in [-0.25, -0.2) is 0 Å². The summed E-state index contributed by atoms with van der Waals surface area (Å²) in [5, 5.41) is 3.40. The average molecular weight is 230 g/mol. The SMILES string of the molecule is O=C(c1ccsc1)C(Cl)(Cl)Cl. The molecule has 1 heterocycles. The summed E-state index contributed by atoms with van der Waals surface area (Å²) in [5.74, 6) is -0.483. The molecule has 0 spiro atoms. The Labute approximate surface area is 82.9 Å². The fourth-order valence-electron chi connectivity index (χ4n) is 0.557. The monoisotopic (exact) mass is 228 g/mol. The van der Waals surface area contributed by atoms with E-state index < -0.39 is 9.58 Å². The number of alkyl halides is 3. The van der Waals surface area contributed by atoms with E-state index in [1.807, 2.05) is 0 Å². The highest BCUT2D eigenvalue weighted by Crippen LogP contribution is 2.30. The summed E-state index contributed by atoms with van der Waals surface area (Å²) in [6.07, 6.45) is 0. The van der Waals surface area contributed by atoms with Gasteiger partial charge in [0.15, 0.2) is 0 Å². The van der Waals surface area contributed by atoms with Crippen LogP contribution in [0.25, 0.3) is 0 Å². The topological polar surface area (TPSA) is 17.1 Å². The van der Waals surface area contributed by atoms with Crippen LogP contribution in [-0.2, 0) is 0 Å². The fraction of sp³-hybridized carbons (Fsp3) is 0.167. The Morgan fingerprint density at radius 1 is 1.45 bits per heavy atom. The van der Waals surface area contributed by atoms with Gasteiger partial charge in [-0.15, -0.1) is 0 Å². The van der Waals surface area contributed by atoms with Crippen LogP contribution in [0.5, 0.6) is 0 Å². The van der Waals surface area contributed by atoms with Crippen LogP contribution < -0.4 is 0 Å². The second-order valence-corrected chi connectivity index (χ2v) is 4.90. The van der Waals surface area contributed by atoms with Crippen molar-refractivity contribution in [3.63, 3.8) is 0 Å². The first kappa shape index (κ1) is 9.33. The van der Waals surface area contributed by atoms with Crippen molar-refractivity contribution in [1.82, 2.24) is 0 Å². The molecule has 0 unspecified atom stereocenters. The van der Waals surface area contributed by atoms with E-state index in [2.05, 4.69) is 0 Å². The lowest BCUT2D eigenvalue weighted by molar-refractivity contribution is 0.0997. The maximum Gasteiger partial charge on any atom is 0.253 e. The van der Waals surface area contributed by atoms with Crippen molar-refractivity contribution < 1.29 is 4.79 Å². The molecule has 1 nitrogen and oxygen atoms in total. The Balaban J connectivity index is 2.88. The summed E-state index contributed by atoms with van der Waals surface area (Å²) in [6, 6.07) is 1.62. The van der Waals surface area contributed by atoms with Gasteiger partial charge in [-0.2, -0.15) is 11.3 Å². The maximum atomic E-state index is 11.1. The highest BCUT2D eigenvalue weighted by molar-refractivity contribution is 7.08. The third-order valence-corrected chi connectivity index (χ3v) is 2.24. The number of Topliss-reactive ketones (excluding diaryl/α,β-unsaturated/α-hetero) is 1. The van der Waals surface area contributed by atoms with Gasteiger partial charge in [0.05, 0.1) is 0 Å². The summed E-state index contributed by atoms with van der Waals surface area (Å²) in [4.78, 5) is 11.1. The van der Waals surface area contributed by atoms with Crippen LogP contribution in [0.15, 0.2) is 16.8 Å². The lowest BCUT2D eigenvalue weighted by atomic mass is 10.2. The zero-order valence-electron chi connectivity index (χ0n) is 5.18. The van der Waals surface area contributed by atoms with E-state index in [4.69, 9.17) is 34.8 Å². The minimum absolute atomic E-state index is 0.440. The van der Waals surface area contributed by atoms with Crippen LogP contribution in [0.1, 0.15) is 10.4 Å². The molecule has 0 aromatic carbocycles. The van der Waals surface area contributed by atoms with E-state index in [9.17, 15) is 4.79 Å². The van der Waals surface area contributed by atoms with E-state index in [0.717, 1.165) is 0 Å². The van der Waals surface area contributed by atoms with Crippen LogP contribution in [0, 0.1) is 0 Å². The van der Waals surface area contributed by atoms with Crippen molar-refractivity contribution in [2.24, 2.45) is 0 Å². The molecule has 60 valence electrons. The van der Waals surface area contributed by atoms with Gasteiger partial charge in [-0.3, -0.25) is 4.79 Å². The number of halogens is 3. The molecule has 0 amide bonds. The summed E-state index contributed by atoms with van der Waals surface area (Å²) in [6.45, 7) is 0. The summed E-state index contributed by atoms with van der Waals surface area (Å²) >= 11 is 17.5. The van der Waals surface area contributed by atoms with Gasteiger partial charge in [0, 0.05) is 10.9 Å². The van der Waals surface area contributed by atoms with Gasteiger partial charge >= 0.3 is 0 Å². The van der Waals surface area contributed by atoms with Gasteiger partial charge in [-0.1, -0.05) is 34.8 Å². The second kappa shape index (κ2) is 3.31.